The van der Waals surface area contributed by atoms with Gasteiger partial charge in [0.05, 0.1) is 18.2 Å². The van der Waals surface area contributed by atoms with Gasteiger partial charge in [0.15, 0.2) is 0 Å². The number of ether oxygens (including phenoxy) is 1. The molecule has 1 N–H and O–H groups in total. The molecule has 1 amide bonds. The molecule has 154 valence electrons. The Morgan fingerprint density at radius 1 is 1.07 bits per heavy atom. The lowest BCUT2D eigenvalue weighted by molar-refractivity contribution is -0.121. The Bertz CT molecular complexity index is 1010. The minimum Gasteiger partial charge on any atom is -0.489 e. The molecule has 0 aliphatic carbocycles. The summed E-state index contributed by atoms with van der Waals surface area (Å²) in [4.78, 5) is 14.8. The molecule has 1 heterocycles. The zero-order valence-corrected chi connectivity index (χ0v) is 17.1. The first-order valence-corrected chi connectivity index (χ1v) is 10.2. The van der Waals surface area contributed by atoms with Gasteiger partial charge in [0, 0.05) is 18.1 Å². The number of halogens is 2. The fourth-order valence-electron chi connectivity index (χ4n) is 3.56. The highest BCUT2D eigenvalue weighted by atomic mass is 35.5. The lowest BCUT2D eigenvalue weighted by Crippen LogP contribution is -2.45. The van der Waals surface area contributed by atoms with Crippen LogP contribution in [0.4, 0.5) is 10.1 Å². The van der Waals surface area contributed by atoms with Crippen molar-refractivity contribution in [1.82, 2.24) is 5.32 Å². The Morgan fingerprint density at radius 2 is 1.83 bits per heavy atom. The van der Waals surface area contributed by atoms with Crippen molar-refractivity contribution in [3.05, 3.63) is 94.8 Å². The van der Waals surface area contributed by atoms with Gasteiger partial charge in [-0.25, -0.2) is 4.39 Å². The first kappa shape index (κ1) is 20.2. The minimum atomic E-state index is -0.293. The maximum Gasteiger partial charge on any atom is 0.222 e. The summed E-state index contributed by atoms with van der Waals surface area (Å²) in [6, 6.07) is 21.6. The Kier molecular flexibility index (Phi) is 6.19. The predicted molar refractivity (Wildman–Crippen MR) is 116 cm³/mol. The molecular weight excluding hydrogens is 403 g/mol. The third-order valence-electron chi connectivity index (χ3n) is 5.12. The number of benzene rings is 3. The van der Waals surface area contributed by atoms with E-state index < -0.39 is 0 Å². The Labute approximate surface area is 180 Å². The van der Waals surface area contributed by atoms with E-state index in [0.29, 0.717) is 24.7 Å². The van der Waals surface area contributed by atoms with E-state index in [1.165, 1.54) is 12.1 Å². The molecule has 1 aliphatic rings. The number of hydrogen-bond acceptors (Lipinski definition) is 3. The maximum atomic E-state index is 13.1. The van der Waals surface area contributed by atoms with E-state index in [1.54, 1.807) is 18.2 Å². The van der Waals surface area contributed by atoms with Gasteiger partial charge in [0.25, 0.3) is 0 Å². The lowest BCUT2D eigenvalue weighted by atomic mass is 10.1. The number of carbonyl (C=O) groups excluding carboxylic acids is 1. The first-order valence-electron chi connectivity index (χ1n) is 9.82. The molecule has 3 aromatic rings. The van der Waals surface area contributed by atoms with Gasteiger partial charge in [-0.05, 0) is 41.5 Å². The van der Waals surface area contributed by atoms with Crippen LogP contribution in [0.5, 0.6) is 5.75 Å². The molecule has 6 heteroatoms. The van der Waals surface area contributed by atoms with Crippen LogP contribution in [0.25, 0.3) is 0 Å². The molecule has 0 spiro atoms. The number of amides is 1. The van der Waals surface area contributed by atoms with Crippen LogP contribution >= 0.6 is 11.6 Å². The Morgan fingerprint density at radius 3 is 2.60 bits per heavy atom. The van der Waals surface area contributed by atoms with Gasteiger partial charge in [-0.3, -0.25) is 4.79 Å². The topological polar surface area (TPSA) is 41.6 Å². The van der Waals surface area contributed by atoms with Crippen LogP contribution in [0.3, 0.4) is 0 Å². The van der Waals surface area contributed by atoms with Crippen LogP contribution < -0.4 is 15.0 Å². The van der Waals surface area contributed by atoms with Gasteiger partial charge >= 0.3 is 0 Å². The molecule has 4 nitrogen and oxygen atoms in total. The number of fused-ring (bicyclic) bond motifs is 1. The van der Waals surface area contributed by atoms with Crippen molar-refractivity contribution in [1.29, 1.82) is 0 Å². The lowest BCUT2D eigenvalue weighted by Gasteiger charge is -2.38. The molecule has 0 saturated heterocycles. The Balaban J connectivity index is 1.48. The van der Waals surface area contributed by atoms with E-state index in [9.17, 15) is 9.18 Å². The van der Waals surface area contributed by atoms with Crippen LogP contribution in [0.15, 0.2) is 72.8 Å². The Hall–Kier alpha value is -3.05. The second kappa shape index (κ2) is 9.18. The van der Waals surface area contributed by atoms with Crippen LogP contribution in [0.1, 0.15) is 17.5 Å². The summed E-state index contributed by atoms with van der Waals surface area (Å²) in [6.07, 6.45) is 0.278. The van der Waals surface area contributed by atoms with Crippen molar-refractivity contribution in [2.45, 2.75) is 25.6 Å². The van der Waals surface area contributed by atoms with E-state index in [-0.39, 0.29) is 24.2 Å². The number of nitrogens with zero attached hydrogens (tertiary/aromatic N) is 1. The summed E-state index contributed by atoms with van der Waals surface area (Å²) in [6.45, 7) is 1.41. The molecule has 0 aromatic heterocycles. The fourth-order valence-corrected chi connectivity index (χ4v) is 3.73. The highest BCUT2D eigenvalue weighted by molar-refractivity contribution is 6.31. The summed E-state index contributed by atoms with van der Waals surface area (Å²) in [7, 11) is 0. The smallest absolute Gasteiger partial charge is 0.222 e. The quantitative estimate of drug-likeness (QED) is 0.608. The van der Waals surface area contributed by atoms with E-state index in [2.05, 4.69) is 22.3 Å². The fraction of sp³-hybridized carbons (Fsp3) is 0.208. The molecule has 0 unspecified atom stereocenters. The molecule has 1 atom stereocenters. The average molecular weight is 425 g/mol. The summed E-state index contributed by atoms with van der Waals surface area (Å²) in [5.41, 5.74) is 2.87. The van der Waals surface area contributed by atoms with E-state index in [0.717, 1.165) is 22.6 Å². The third-order valence-corrected chi connectivity index (χ3v) is 5.36. The highest BCUT2D eigenvalue weighted by Gasteiger charge is 2.29. The molecule has 4 rings (SSSR count). The number of rotatable bonds is 6. The zero-order chi connectivity index (χ0) is 20.9. The van der Waals surface area contributed by atoms with Gasteiger partial charge in [0.1, 0.15) is 18.2 Å². The highest BCUT2D eigenvalue weighted by Crippen LogP contribution is 2.37. The molecule has 0 saturated carbocycles. The van der Waals surface area contributed by atoms with Crippen molar-refractivity contribution in [3.8, 4) is 5.75 Å². The van der Waals surface area contributed by atoms with Crippen LogP contribution in [0.2, 0.25) is 5.02 Å². The molecule has 1 aliphatic heterocycles. The van der Waals surface area contributed by atoms with Crippen molar-refractivity contribution in [3.63, 3.8) is 0 Å². The van der Waals surface area contributed by atoms with Gasteiger partial charge in [-0.1, -0.05) is 54.1 Å². The van der Waals surface area contributed by atoms with Gasteiger partial charge < -0.3 is 15.0 Å². The molecule has 0 radical (unpaired) electrons. The second-order valence-corrected chi connectivity index (χ2v) is 7.73. The van der Waals surface area contributed by atoms with E-state index >= 15 is 0 Å². The van der Waals surface area contributed by atoms with Crippen molar-refractivity contribution < 1.29 is 13.9 Å². The molecule has 0 fully saturated rings. The van der Waals surface area contributed by atoms with Gasteiger partial charge in [-0.15, -0.1) is 0 Å². The minimum absolute atomic E-state index is 0.0866. The SMILES string of the molecule is O=C(C[C@@H]1COc2ccc(Cl)cc2N1Cc1ccccc1)NCc1ccc(F)cc1. The van der Waals surface area contributed by atoms with Crippen LogP contribution in [-0.2, 0) is 17.9 Å². The van der Waals surface area contributed by atoms with Crippen LogP contribution in [0, 0.1) is 5.82 Å². The summed E-state index contributed by atoms with van der Waals surface area (Å²) in [5.74, 6) is 0.382. The normalized spacial score (nSPS) is 15.3. The van der Waals surface area contributed by atoms with Crippen molar-refractivity contribution in [2.24, 2.45) is 0 Å². The summed E-state index contributed by atoms with van der Waals surface area (Å²) < 4.78 is 19.0. The summed E-state index contributed by atoms with van der Waals surface area (Å²) >= 11 is 6.24. The first-order chi connectivity index (χ1) is 14.6. The van der Waals surface area contributed by atoms with Crippen LogP contribution in [-0.4, -0.2) is 18.6 Å². The van der Waals surface area contributed by atoms with E-state index in [4.69, 9.17) is 16.3 Å². The van der Waals surface area contributed by atoms with Gasteiger partial charge in [0.2, 0.25) is 5.91 Å². The third kappa shape index (κ3) is 4.92. The van der Waals surface area contributed by atoms with Crippen molar-refractivity contribution >= 4 is 23.2 Å². The zero-order valence-electron chi connectivity index (χ0n) is 16.4. The molecule has 3 aromatic carbocycles. The number of nitrogens with one attached hydrogen (secondary N) is 1. The largest absolute Gasteiger partial charge is 0.489 e. The molecule has 30 heavy (non-hydrogen) atoms. The average Bonchev–Trinajstić information content (AvgIpc) is 2.76. The van der Waals surface area contributed by atoms with Gasteiger partial charge in [-0.2, -0.15) is 0 Å². The number of hydrogen-bond donors (Lipinski definition) is 1. The molecular formula is C24H22ClFN2O2. The standard InChI is InChI=1S/C24H22ClFN2O2/c25-19-8-11-23-22(12-19)28(15-18-4-2-1-3-5-18)21(16-30-23)13-24(29)27-14-17-6-9-20(26)10-7-17/h1-12,21H,13-16H2,(H,27,29)/t21-/m1/s1. The number of carbonyl (C=O) groups is 1. The molecule has 0 bridgehead atoms. The second-order valence-electron chi connectivity index (χ2n) is 7.30. The maximum absolute atomic E-state index is 13.1. The van der Waals surface area contributed by atoms with Crippen molar-refractivity contribution in [2.75, 3.05) is 11.5 Å². The predicted octanol–water partition coefficient (Wildman–Crippen LogP) is 4.95. The van der Waals surface area contributed by atoms with E-state index in [1.807, 2.05) is 30.3 Å². The monoisotopic (exact) mass is 424 g/mol. The summed E-state index contributed by atoms with van der Waals surface area (Å²) in [5, 5.41) is 3.54. The number of anilines is 1.